The molecule has 0 bridgehead atoms. The monoisotopic (exact) mass is 405 g/mol. The van der Waals surface area contributed by atoms with Crippen LogP contribution in [0.25, 0.3) is 0 Å². The number of thioether (sulfide) groups is 1. The molecule has 0 spiro atoms. The fourth-order valence-corrected chi connectivity index (χ4v) is 5.46. The summed E-state index contributed by atoms with van der Waals surface area (Å²) in [7, 11) is 2.05. The minimum atomic E-state index is 0.0428. The molecule has 5 heteroatoms. The molecule has 2 atom stereocenters. The lowest BCUT2D eigenvalue weighted by molar-refractivity contribution is 0.241. The third-order valence-corrected chi connectivity index (χ3v) is 6.88. The van der Waals surface area contributed by atoms with E-state index in [-0.39, 0.29) is 6.10 Å². The van der Waals surface area contributed by atoms with E-state index >= 15 is 0 Å². The van der Waals surface area contributed by atoms with Crippen molar-refractivity contribution in [2.24, 2.45) is 4.99 Å². The highest BCUT2D eigenvalue weighted by Crippen LogP contribution is 2.43. The van der Waals surface area contributed by atoms with Gasteiger partial charge in [0.05, 0.1) is 28.5 Å². The average Bonchev–Trinajstić information content (AvgIpc) is 3.22. The van der Waals surface area contributed by atoms with E-state index < -0.39 is 0 Å². The average molecular weight is 406 g/mol. The summed E-state index contributed by atoms with van der Waals surface area (Å²) in [6.07, 6.45) is 3.62. The molecule has 1 aliphatic heterocycles. The molecule has 0 saturated carbocycles. The van der Waals surface area contributed by atoms with Crippen molar-refractivity contribution in [1.82, 2.24) is 5.32 Å². The summed E-state index contributed by atoms with van der Waals surface area (Å²) >= 11 is 1.82. The zero-order valence-corrected chi connectivity index (χ0v) is 18.1. The van der Waals surface area contributed by atoms with Crippen molar-refractivity contribution in [1.29, 1.82) is 5.26 Å². The van der Waals surface area contributed by atoms with Gasteiger partial charge in [0.2, 0.25) is 0 Å². The molecule has 1 heterocycles. The molecular weight excluding hydrogens is 378 g/mol. The molecule has 29 heavy (non-hydrogen) atoms. The number of aliphatic imine (C=N–C) groups is 1. The van der Waals surface area contributed by atoms with E-state index in [0.29, 0.717) is 22.6 Å². The maximum atomic E-state index is 9.53. The molecule has 0 saturated heterocycles. The van der Waals surface area contributed by atoms with Crippen molar-refractivity contribution >= 4 is 16.8 Å². The van der Waals surface area contributed by atoms with Gasteiger partial charge in [0, 0.05) is 11.6 Å². The van der Waals surface area contributed by atoms with Gasteiger partial charge in [-0.2, -0.15) is 5.26 Å². The van der Waals surface area contributed by atoms with Gasteiger partial charge in [0.1, 0.15) is 11.8 Å². The van der Waals surface area contributed by atoms with Crippen molar-refractivity contribution in [2.45, 2.75) is 50.5 Å². The molecule has 4 rings (SSSR count). The summed E-state index contributed by atoms with van der Waals surface area (Å²) in [5.41, 5.74) is 5.95. The molecule has 0 radical (unpaired) electrons. The van der Waals surface area contributed by atoms with Gasteiger partial charge >= 0.3 is 0 Å². The summed E-state index contributed by atoms with van der Waals surface area (Å²) in [4.78, 5) is 4.83. The zero-order chi connectivity index (χ0) is 20.4. The molecule has 150 valence electrons. The Bertz CT molecular complexity index is 977. The molecule has 1 N–H and O–H groups in total. The van der Waals surface area contributed by atoms with E-state index in [1.54, 1.807) is 0 Å². The van der Waals surface area contributed by atoms with Gasteiger partial charge in [0.25, 0.3) is 0 Å². The Morgan fingerprint density at radius 1 is 1.24 bits per heavy atom. The van der Waals surface area contributed by atoms with E-state index in [1.165, 1.54) is 29.5 Å². The van der Waals surface area contributed by atoms with E-state index in [4.69, 9.17) is 9.73 Å². The summed E-state index contributed by atoms with van der Waals surface area (Å²) in [5, 5.41) is 14.3. The maximum Gasteiger partial charge on any atom is 0.137 e. The van der Waals surface area contributed by atoms with Crippen LogP contribution in [0.15, 0.2) is 41.4 Å². The number of hydrogen-bond donors (Lipinski definition) is 1. The molecule has 2 aromatic carbocycles. The number of fused-ring (bicyclic) bond motifs is 1. The van der Waals surface area contributed by atoms with Crippen molar-refractivity contribution in [3.63, 3.8) is 0 Å². The Kier molecular flexibility index (Phi) is 5.94. The van der Waals surface area contributed by atoms with Crippen LogP contribution in [0.3, 0.4) is 0 Å². The summed E-state index contributed by atoms with van der Waals surface area (Å²) < 4.78 is 5.75. The Balaban J connectivity index is 1.57. The van der Waals surface area contributed by atoms with Gasteiger partial charge in [-0.05, 0) is 75.0 Å². The van der Waals surface area contributed by atoms with Crippen molar-refractivity contribution < 1.29 is 4.74 Å². The lowest BCUT2D eigenvalue weighted by Gasteiger charge is -2.28. The van der Waals surface area contributed by atoms with Crippen LogP contribution >= 0.6 is 11.8 Å². The Morgan fingerprint density at radius 3 is 2.83 bits per heavy atom. The maximum absolute atomic E-state index is 9.53. The minimum absolute atomic E-state index is 0.0428. The van der Waals surface area contributed by atoms with Gasteiger partial charge in [0.15, 0.2) is 0 Å². The van der Waals surface area contributed by atoms with Gasteiger partial charge in [-0.3, -0.25) is 4.99 Å². The second-order valence-corrected chi connectivity index (χ2v) is 9.08. The topological polar surface area (TPSA) is 57.4 Å². The van der Waals surface area contributed by atoms with Gasteiger partial charge < -0.3 is 10.1 Å². The third kappa shape index (κ3) is 4.05. The van der Waals surface area contributed by atoms with Crippen molar-refractivity contribution in [3.05, 3.63) is 64.2 Å². The van der Waals surface area contributed by atoms with Crippen LogP contribution in [0.5, 0.6) is 5.75 Å². The highest BCUT2D eigenvalue weighted by Gasteiger charge is 2.28. The first kappa shape index (κ1) is 20.0. The molecule has 2 aliphatic rings. The number of nitriles is 1. The van der Waals surface area contributed by atoms with Crippen LogP contribution < -0.4 is 10.1 Å². The predicted molar refractivity (Wildman–Crippen MR) is 120 cm³/mol. The number of benzene rings is 2. The number of hydrogen-bond acceptors (Lipinski definition) is 5. The minimum Gasteiger partial charge on any atom is -0.490 e. The first-order valence-corrected chi connectivity index (χ1v) is 11.2. The van der Waals surface area contributed by atoms with Crippen LogP contribution in [0.4, 0.5) is 0 Å². The normalized spacial score (nSPS) is 20.9. The van der Waals surface area contributed by atoms with E-state index in [9.17, 15) is 5.26 Å². The molecule has 4 nitrogen and oxygen atoms in total. The van der Waals surface area contributed by atoms with E-state index in [0.717, 1.165) is 23.6 Å². The van der Waals surface area contributed by atoms with Crippen molar-refractivity contribution in [3.8, 4) is 11.8 Å². The van der Waals surface area contributed by atoms with Crippen LogP contribution in [0.2, 0.25) is 0 Å². The third-order valence-electron chi connectivity index (χ3n) is 5.60. The Labute approximate surface area is 177 Å². The van der Waals surface area contributed by atoms with Crippen LogP contribution in [0, 0.1) is 11.3 Å². The number of rotatable bonds is 5. The van der Waals surface area contributed by atoms with Crippen molar-refractivity contribution in [2.75, 3.05) is 13.6 Å². The highest BCUT2D eigenvalue weighted by atomic mass is 32.2. The van der Waals surface area contributed by atoms with Crippen LogP contribution in [0.1, 0.15) is 65.8 Å². The Morgan fingerprint density at radius 2 is 2.07 bits per heavy atom. The zero-order valence-electron chi connectivity index (χ0n) is 17.2. The second kappa shape index (κ2) is 8.61. The Hall–Kier alpha value is -2.29. The predicted octanol–water partition coefficient (Wildman–Crippen LogP) is 5.18. The summed E-state index contributed by atoms with van der Waals surface area (Å²) in [5.74, 6) is 0.640. The van der Waals surface area contributed by atoms with E-state index in [2.05, 4.69) is 36.6 Å². The molecule has 1 aliphatic carbocycles. The summed E-state index contributed by atoms with van der Waals surface area (Å²) in [6, 6.07) is 15.3. The number of nitrogens with zero attached hydrogens (tertiary/aromatic N) is 2. The fraction of sp³-hybridized carbons (Fsp3) is 0.417. The standard InChI is InChI=1S/C24H27N3OS/c1-15(2)28-22-11-10-16(12-17(22)13-25)24-27-14-23(29-24)20-8-4-7-19-18(20)6-5-9-21(19)26-3/h4,7-8,10-12,15,21,23,26H,5-6,9,14H2,1-3H3/t21-,23?/m0/s1. The largest absolute Gasteiger partial charge is 0.490 e. The second-order valence-electron chi connectivity index (χ2n) is 7.89. The molecular formula is C24H27N3OS. The fourth-order valence-electron chi connectivity index (χ4n) is 4.28. The smallest absolute Gasteiger partial charge is 0.137 e. The lowest BCUT2D eigenvalue weighted by atomic mass is 9.84. The molecule has 0 amide bonds. The van der Waals surface area contributed by atoms with Crippen LogP contribution in [-0.2, 0) is 6.42 Å². The van der Waals surface area contributed by atoms with Gasteiger partial charge in [-0.25, -0.2) is 0 Å². The molecule has 2 aromatic rings. The molecule has 0 aromatic heterocycles. The lowest BCUT2D eigenvalue weighted by Crippen LogP contribution is -2.22. The van der Waals surface area contributed by atoms with E-state index in [1.807, 2.05) is 43.8 Å². The molecule has 1 unspecified atom stereocenters. The number of nitrogens with one attached hydrogen (secondary N) is 1. The van der Waals surface area contributed by atoms with Gasteiger partial charge in [-0.15, -0.1) is 0 Å². The number of ether oxygens (including phenoxy) is 1. The first-order chi connectivity index (χ1) is 14.1. The van der Waals surface area contributed by atoms with Gasteiger partial charge in [-0.1, -0.05) is 30.0 Å². The highest BCUT2D eigenvalue weighted by molar-refractivity contribution is 8.14. The summed E-state index contributed by atoms with van der Waals surface area (Å²) in [6.45, 7) is 4.72. The quantitative estimate of drug-likeness (QED) is 0.745. The SMILES string of the molecule is CN[C@H]1CCCc2c(C3CN=C(c4ccc(OC(C)C)c(C#N)c4)S3)cccc21. The molecule has 0 fully saturated rings. The first-order valence-electron chi connectivity index (χ1n) is 10.3. The van der Waals surface area contributed by atoms with Crippen LogP contribution in [-0.4, -0.2) is 24.7 Å².